The summed E-state index contributed by atoms with van der Waals surface area (Å²) in [7, 11) is 0. The Bertz CT molecular complexity index is 264. The highest BCUT2D eigenvalue weighted by Crippen LogP contribution is 2.04. The van der Waals surface area contributed by atoms with Crippen LogP contribution in [0.1, 0.15) is 18.1 Å². The maximum absolute atomic E-state index is 10.5. The SMILES string of the molecule is CCc1ccc(CC(N)=O)cc1. The molecule has 0 fully saturated rings. The molecular weight excluding hydrogens is 150 g/mol. The predicted octanol–water partition coefficient (Wildman–Crippen LogP) is 1.28. The summed E-state index contributed by atoms with van der Waals surface area (Å²) >= 11 is 0. The summed E-state index contributed by atoms with van der Waals surface area (Å²) < 4.78 is 0. The zero-order valence-corrected chi connectivity index (χ0v) is 7.21. The molecule has 2 N–H and O–H groups in total. The van der Waals surface area contributed by atoms with Crippen LogP contribution in [0.2, 0.25) is 0 Å². The summed E-state index contributed by atoms with van der Waals surface area (Å²) in [5.74, 6) is -0.278. The third-order valence-corrected chi connectivity index (χ3v) is 1.81. The molecule has 0 saturated heterocycles. The van der Waals surface area contributed by atoms with Crippen LogP contribution in [0, 0.1) is 0 Å². The molecule has 0 aliphatic carbocycles. The zero-order chi connectivity index (χ0) is 8.97. The fourth-order valence-electron chi connectivity index (χ4n) is 1.09. The lowest BCUT2D eigenvalue weighted by atomic mass is 10.1. The molecule has 0 atom stereocenters. The maximum atomic E-state index is 10.5. The second-order valence-corrected chi connectivity index (χ2v) is 2.81. The summed E-state index contributed by atoms with van der Waals surface area (Å²) in [4.78, 5) is 10.5. The van der Waals surface area contributed by atoms with Gasteiger partial charge in [-0.15, -0.1) is 0 Å². The number of hydrogen-bond donors (Lipinski definition) is 1. The topological polar surface area (TPSA) is 43.1 Å². The van der Waals surface area contributed by atoms with Gasteiger partial charge in [-0.05, 0) is 17.5 Å². The molecule has 64 valence electrons. The van der Waals surface area contributed by atoms with E-state index in [0.717, 1.165) is 12.0 Å². The second-order valence-electron chi connectivity index (χ2n) is 2.81. The van der Waals surface area contributed by atoms with Crippen LogP contribution in [0.4, 0.5) is 0 Å². The molecule has 0 saturated carbocycles. The van der Waals surface area contributed by atoms with Gasteiger partial charge in [-0.25, -0.2) is 0 Å². The van der Waals surface area contributed by atoms with Crippen LogP contribution >= 0.6 is 0 Å². The molecule has 0 radical (unpaired) electrons. The van der Waals surface area contributed by atoms with Crippen molar-refractivity contribution in [2.45, 2.75) is 19.8 Å². The molecule has 1 aromatic rings. The monoisotopic (exact) mass is 163 g/mol. The first-order valence-electron chi connectivity index (χ1n) is 4.08. The lowest BCUT2D eigenvalue weighted by Gasteiger charge is -1.99. The van der Waals surface area contributed by atoms with E-state index in [1.165, 1.54) is 5.56 Å². The van der Waals surface area contributed by atoms with E-state index < -0.39 is 0 Å². The summed E-state index contributed by atoms with van der Waals surface area (Å²) in [6.45, 7) is 2.10. The predicted molar refractivity (Wildman–Crippen MR) is 48.7 cm³/mol. The molecule has 0 aliphatic heterocycles. The first-order chi connectivity index (χ1) is 5.72. The molecule has 2 nitrogen and oxygen atoms in total. The lowest BCUT2D eigenvalue weighted by molar-refractivity contribution is -0.117. The Labute approximate surface area is 72.4 Å². The zero-order valence-electron chi connectivity index (χ0n) is 7.21. The quantitative estimate of drug-likeness (QED) is 0.716. The minimum atomic E-state index is -0.278. The molecule has 0 bridgehead atoms. The van der Waals surface area contributed by atoms with Gasteiger partial charge in [0.05, 0.1) is 6.42 Å². The Morgan fingerprint density at radius 2 is 1.75 bits per heavy atom. The first-order valence-corrected chi connectivity index (χ1v) is 4.08. The van der Waals surface area contributed by atoms with Gasteiger partial charge >= 0.3 is 0 Å². The molecule has 0 aromatic heterocycles. The van der Waals surface area contributed by atoms with Crippen LogP contribution in [0.15, 0.2) is 24.3 Å². The van der Waals surface area contributed by atoms with Crippen molar-refractivity contribution in [3.8, 4) is 0 Å². The van der Waals surface area contributed by atoms with E-state index in [1.807, 2.05) is 24.3 Å². The normalized spacial score (nSPS) is 9.75. The Morgan fingerprint density at radius 3 is 2.17 bits per heavy atom. The summed E-state index contributed by atoms with van der Waals surface area (Å²) in [6.07, 6.45) is 1.36. The molecule has 1 aromatic carbocycles. The van der Waals surface area contributed by atoms with Gasteiger partial charge in [0.2, 0.25) is 5.91 Å². The molecular formula is C10H13NO. The molecule has 0 aliphatic rings. The highest BCUT2D eigenvalue weighted by atomic mass is 16.1. The van der Waals surface area contributed by atoms with Crippen molar-refractivity contribution in [3.63, 3.8) is 0 Å². The highest BCUT2D eigenvalue weighted by Gasteiger charge is 1.96. The number of carbonyl (C=O) groups is 1. The van der Waals surface area contributed by atoms with Crippen molar-refractivity contribution in [1.29, 1.82) is 0 Å². The Morgan fingerprint density at radius 1 is 1.25 bits per heavy atom. The Hall–Kier alpha value is -1.31. The van der Waals surface area contributed by atoms with Crippen molar-refractivity contribution in [2.75, 3.05) is 0 Å². The lowest BCUT2D eigenvalue weighted by Crippen LogP contribution is -2.13. The van der Waals surface area contributed by atoms with E-state index in [9.17, 15) is 4.79 Å². The average Bonchev–Trinajstić information content (AvgIpc) is 2.05. The number of carbonyl (C=O) groups excluding carboxylic acids is 1. The largest absolute Gasteiger partial charge is 0.369 e. The maximum Gasteiger partial charge on any atom is 0.221 e. The van der Waals surface area contributed by atoms with Crippen molar-refractivity contribution >= 4 is 5.91 Å². The van der Waals surface area contributed by atoms with Crippen molar-refractivity contribution < 1.29 is 4.79 Å². The molecule has 2 heteroatoms. The van der Waals surface area contributed by atoms with Gasteiger partial charge in [0.1, 0.15) is 0 Å². The fourth-order valence-corrected chi connectivity index (χ4v) is 1.09. The summed E-state index contributed by atoms with van der Waals surface area (Å²) in [6, 6.07) is 7.95. The minimum Gasteiger partial charge on any atom is -0.369 e. The minimum absolute atomic E-state index is 0.278. The Kier molecular flexibility index (Phi) is 2.86. The number of nitrogens with two attached hydrogens (primary N) is 1. The van der Waals surface area contributed by atoms with Crippen LogP contribution in [0.25, 0.3) is 0 Å². The molecule has 0 spiro atoms. The Balaban J connectivity index is 2.71. The molecule has 0 heterocycles. The molecule has 0 unspecified atom stereocenters. The third kappa shape index (κ3) is 2.38. The second kappa shape index (κ2) is 3.90. The van der Waals surface area contributed by atoms with Gasteiger partial charge in [-0.1, -0.05) is 31.2 Å². The van der Waals surface area contributed by atoms with E-state index in [1.54, 1.807) is 0 Å². The third-order valence-electron chi connectivity index (χ3n) is 1.81. The first kappa shape index (κ1) is 8.78. The number of benzene rings is 1. The van der Waals surface area contributed by atoms with Gasteiger partial charge in [0.15, 0.2) is 0 Å². The van der Waals surface area contributed by atoms with Crippen LogP contribution < -0.4 is 5.73 Å². The molecule has 1 rings (SSSR count). The van der Waals surface area contributed by atoms with Crippen molar-refractivity contribution in [3.05, 3.63) is 35.4 Å². The highest BCUT2D eigenvalue weighted by molar-refractivity contribution is 5.76. The van der Waals surface area contributed by atoms with Crippen molar-refractivity contribution in [1.82, 2.24) is 0 Å². The smallest absolute Gasteiger partial charge is 0.221 e. The molecule has 1 amide bonds. The van der Waals surface area contributed by atoms with Crippen LogP contribution in [0.5, 0.6) is 0 Å². The van der Waals surface area contributed by atoms with E-state index in [-0.39, 0.29) is 5.91 Å². The van der Waals surface area contributed by atoms with Gasteiger partial charge in [0, 0.05) is 0 Å². The van der Waals surface area contributed by atoms with Gasteiger partial charge < -0.3 is 5.73 Å². The fraction of sp³-hybridized carbons (Fsp3) is 0.300. The standard InChI is InChI=1S/C10H13NO/c1-2-8-3-5-9(6-4-8)7-10(11)12/h3-6H,2,7H2,1H3,(H2,11,12). The number of rotatable bonds is 3. The number of hydrogen-bond acceptors (Lipinski definition) is 1. The summed E-state index contributed by atoms with van der Waals surface area (Å²) in [5, 5.41) is 0. The van der Waals surface area contributed by atoms with Crippen LogP contribution in [-0.2, 0) is 17.6 Å². The van der Waals surface area contributed by atoms with Gasteiger partial charge in [-0.3, -0.25) is 4.79 Å². The number of amides is 1. The number of aryl methyl sites for hydroxylation is 1. The van der Waals surface area contributed by atoms with E-state index in [0.29, 0.717) is 6.42 Å². The van der Waals surface area contributed by atoms with Crippen LogP contribution in [0.3, 0.4) is 0 Å². The van der Waals surface area contributed by atoms with Crippen LogP contribution in [-0.4, -0.2) is 5.91 Å². The van der Waals surface area contributed by atoms with Crippen molar-refractivity contribution in [2.24, 2.45) is 5.73 Å². The average molecular weight is 163 g/mol. The molecule has 12 heavy (non-hydrogen) atoms. The van der Waals surface area contributed by atoms with E-state index in [4.69, 9.17) is 5.73 Å². The van der Waals surface area contributed by atoms with Gasteiger partial charge in [-0.2, -0.15) is 0 Å². The number of primary amides is 1. The van der Waals surface area contributed by atoms with Gasteiger partial charge in [0.25, 0.3) is 0 Å². The van der Waals surface area contributed by atoms with E-state index in [2.05, 4.69) is 6.92 Å². The van der Waals surface area contributed by atoms with E-state index >= 15 is 0 Å². The summed E-state index contributed by atoms with van der Waals surface area (Å²) in [5.41, 5.74) is 7.32.